The summed E-state index contributed by atoms with van der Waals surface area (Å²) in [7, 11) is 0. The van der Waals surface area contributed by atoms with Gasteiger partial charge < -0.3 is 15.2 Å². The van der Waals surface area contributed by atoms with Crippen LogP contribution >= 0.6 is 24.0 Å². The van der Waals surface area contributed by atoms with Crippen molar-refractivity contribution in [1.29, 1.82) is 0 Å². The van der Waals surface area contributed by atoms with Gasteiger partial charge in [-0.25, -0.2) is 4.98 Å². The maximum absolute atomic E-state index is 10.4. The molecular weight excluding hydrogens is 411 g/mol. The van der Waals surface area contributed by atoms with E-state index in [1.54, 1.807) is 0 Å². The predicted molar refractivity (Wildman–Crippen MR) is 118 cm³/mol. The van der Waals surface area contributed by atoms with Crippen LogP contribution in [0.1, 0.15) is 24.1 Å². The number of benzene rings is 2. The third-order valence-electron chi connectivity index (χ3n) is 4.36. The SMILES string of the molecule is Cl.O=C(O)CCNCCCc1ccc(OCc2ccc3ccc(Cl)cc3n2)cc1. The Bertz CT molecular complexity index is 933. The number of nitrogens with zero attached hydrogens (tertiary/aromatic N) is 1. The number of carbonyl (C=O) groups is 1. The molecule has 154 valence electrons. The van der Waals surface area contributed by atoms with Crippen LogP contribution in [0.4, 0.5) is 0 Å². The van der Waals surface area contributed by atoms with E-state index in [0.29, 0.717) is 18.2 Å². The van der Waals surface area contributed by atoms with Gasteiger partial charge in [0.2, 0.25) is 0 Å². The molecule has 0 aliphatic heterocycles. The molecule has 0 unspecified atom stereocenters. The van der Waals surface area contributed by atoms with Crippen LogP contribution in [0.5, 0.6) is 5.75 Å². The van der Waals surface area contributed by atoms with E-state index in [4.69, 9.17) is 21.4 Å². The van der Waals surface area contributed by atoms with Crippen LogP contribution in [-0.4, -0.2) is 29.1 Å². The number of pyridine rings is 1. The average molecular weight is 435 g/mol. The summed E-state index contributed by atoms with van der Waals surface area (Å²) in [5, 5.41) is 13.4. The van der Waals surface area contributed by atoms with Crippen molar-refractivity contribution in [2.75, 3.05) is 13.1 Å². The van der Waals surface area contributed by atoms with Gasteiger partial charge >= 0.3 is 5.97 Å². The molecule has 0 saturated carbocycles. The molecule has 0 fully saturated rings. The zero-order chi connectivity index (χ0) is 19.8. The van der Waals surface area contributed by atoms with Gasteiger partial charge in [-0.3, -0.25) is 4.79 Å². The number of carboxylic acids is 1. The van der Waals surface area contributed by atoms with Crippen LogP contribution in [0.2, 0.25) is 5.02 Å². The lowest BCUT2D eigenvalue weighted by Crippen LogP contribution is -2.19. The van der Waals surface area contributed by atoms with Crippen molar-refractivity contribution in [2.24, 2.45) is 0 Å². The van der Waals surface area contributed by atoms with E-state index in [-0.39, 0.29) is 18.8 Å². The van der Waals surface area contributed by atoms with E-state index in [1.165, 1.54) is 5.56 Å². The molecule has 1 heterocycles. The first kappa shape index (κ1) is 22.9. The van der Waals surface area contributed by atoms with Gasteiger partial charge in [0, 0.05) is 17.0 Å². The molecule has 0 saturated heterocycles. The lowest BCUT2D eigenvalue weighted by molar-refractivity contribution is -0.136. The molecule has 2 N–H and O–H groups in total. The van der Waals surface area contributed by atoms with E-state index in [9.17, 15) is 4.79 Å². The highest BCUT2D eigenvalue weighted by molar-refractivity contribution is 6.31. The van der Waals surface area contributed by atoms with E-state index >= 15 is 0 Å². The van der Waals surface area contributed by atoms with Gasteiger partial charge in [-0.05, 0) is 55.3 Å². The number of rotatable bonds is 10. The second-order valence-electron chi connectivity index (χ2n) is 6.57. The van der Waals surface area contributed by atoms with Crippen molar-refractivity contribution in [3.05, 3.63) is 70.9 Å². The number of ether oxygens (including phenoxy) is 1. The molecule has 1 aromatic heterocycles. The third-order valence-corrected chi connectivity index (χ3v) is 4.59. The van der Waals surface area contributed by atoms with Crippen LogP contribution in [0, 0.1) is 0 Å². The standard InChI is InChI=1S/C22H23ClN2O3.ClH/c23-18-7-5-17-6-8-19(25-21(17)14-18)15-28-20-9-3-16(4-10-20)2-1-12-24-13-11-22(26)27;/h3-10,14,24H,1-2,11-13,15H2,(H,26,27);1H. The number of hydrogen-bond acceptors (Lipinski definition) is 4. The largest absolute Gasteiger partial charge is 0.487 e. The molecule has 0 bridgehead atoms. The summed E-state index contributed by atoms with van der Waals surface area (Å²) >= 11 is 6.03. The number of carboxylic acid groups (broad SMARTS) is 1. The van der Waals surface area contributed by atoms with Crippen LogP contribution in [0.3, 0.4) is 0 Å². The fourth-order valence-corrected chi connectivity index (χ4v) is 3.03. The zero-order valence-electron chi connectivity index (χ0n) is 15.9. The molecule has 0 spiro atoms. The molecule has 0 amide bonds. The second-order valence-corrected chi connectivity index (χ2v) is 7.01. The summed E-state index contributed by atoms with van der Waals surface area (Å²) in [6, 6.07) is 17.7. The van der Waals surface area contributed by atoms with Crippen LogP contribution in [0.15, 0.2) is 54.6 Å². The van der Waals surface area contributed by atoms with Crippen LogP contribution < -0.4 is 10.1 Å². The molecular formula is C22H24Cl2N2O3. The Hall–Kier alpha value is -2.34. The first-order valence-corrected chi connectivity index (χ1v) is 9.67. The first-order valence-electron chi connectivity index (χ1n) is 9.29. The van der Waals surface area contributed by atoms with Gasteiger partial charge in [0.1, 0.15) is 12.4 Å². The molecule has 3 rings (SSSR count). The van der Waals surface area contributed by atoms with Gasteiger partial charge in [0.15, 0.2) is 0 Å². The molecule has 29 heavy (non-hydrogen) atoms. The number of fused-ring (bicyclic) bond motifs is 1. The van der Waals surface area contributed by atoms with Crippen LogP contribution in [0.25, 0.3) is 10.9 Å². The summed E-state index contributed by atoms with van der Waals surface area (Å²) in [4.78, 5) is 15.0. The summed E-state index contributed by atoms with van der Waals surface area (Å²) in [5.74, 6) is 0.0297. The molecule has 2 aromatic carbocycles. The predicted octanol–water partition coefficient (Wildman–Crippen LogP) is 4.89. The number of aliphatic carboxylic acids is 1. The minimum absolute atomic E-state index is 0. The lowest BCUT2D eigenvalue weighted by Gasteiger charge is -2.08. The fraction of sp³-hybridized carbons (Fsp3) is 0.273. The first-order chi connectivity index (χ1) is 13.6. The Morgan fingerprint density at radius 1 is 1.07 bits per heavy atom. The number of aryl methyl sites for hydroxylation is 1. The topological polar surface area (TPSA) is 71.5 Å². The van der Waals surface area contributed by atoms with Crippen molar-refractivity contribution in [3.63, 3.8) is 0 Å². The molecule has 0 aliphatic rings. The van der Waals surface area contributed by atoms with Crippen molar-refractivity contribution < 1.29 is 14.6 Å². The average Bonchev–Trinajstić information content (AvgIpc) is 2.69. The number of halogens is 2. The Kier molecular flexibility index (Phi) is 9.19. The van der Waals surface area contributed by atoms with Crippen molar-refractivity contribution in [2.45, 2.75) is 25.9 Å². The van der Waals surface area contributed by atoms with E-state index < -0.39 is 5.97 Å². The monoisotopic (exact) mass is 434 g/mol. The zero-order valence-corrected chi connectivity index (χ0v) is 17.5. The normalized spacial score (nSPS) is 10.5. The van der Waals surface area contributed by atoms with Crippen molar-refractivity contribution in [3.8, 4) is 5.75 Å². The molecule has 0 atom stereocenters. The van der Waals surface area contributed by atoms with Gasteiger partial charge in [-0.15, -0.1) is 12.4 Å². The highest BCUT2D eigenvalue weighted by Gasteiger charge is 2.02. The Balaban J connectivity index is 0.00000300. The molecule has 7 heteroatoms. The Morgan fingerprint density at radius 3 is 2.59 bits per heavy atom. The third kappa shape index (κ3) is 7.54. The van der Waals surface area contributed by atoms with E-state index in [1.807, 2.05) is 42.5 Å². The van der Waals surface area contributed by atoms with Gasteiger partial charge in [0.25, 0.3) is 0 Å². The summed E-state index contributed by atoms with van der Waals surface area (Å²) in [5.41, 5.74) is 2.94. The maximum Gasteiger partial charge on any atom is 0.304 e. The van der Waals surface area contributed by atoms with Crippen molar-refractivity contribution >= 4 is 40.9 Å². The minimum Gasteiger partial charge on any atom is -0.487 e. The van der Waals surface area contributed by atoms with Gasteiger partial charge in [-0.2, -0.15) is 0 Å². The smallest absolute Gasteiger partial charge is 0.304 e. The maximum atomic E-state index is 10.4. The lowest BCUT2D eigenvalue weighted by atomic mass is 10.1. The number of aromatic nitrogens is 1. The molecule has 3 aromatic rings. The minimum atomic E-state index is -0.772. The number of hydrogen-bond donors (Lipinski definition) is 2. The van der Waals surface area contributed by atoms with E-state index in [0.717, 1.165) is 41.7 Å². The molecule has 0 aliphatic carbocycles. The second kappa shape index (κ2) is 11.6. The van der Waals surface area contributed by atoms with E-state index in [2.05, 4.69) is 22.4 Å². The summed E-state index contributed by atoms with van der Waals surface area (Å²) < 4.78 is 5.84. The molecule has 0 radical (unpaired) electrons. The van der Waals surface area contributed by atoms with Crippen molar-refractivity contribution in [1.82, 2.24) is 10.3 Å². The fourth-order valence-electron chi connectivity index (χ4n) is 2.86. The number of nitrogens with one attached hydrogen (secondary N) is 1. The Morgan fingerprint density at radius 2 is 1.83 bits per heavy atom. The summed E-state index contributed by atoms with van der Waals surface area (Å²) in [6.07, 6.45) is 2.06. The highest BCUT2D eigenvalue weighted by atomic mass is 35.5. The van der Waals surface area contributed by atoms with Gasteiger partial charge in [-0.1, -0.05) is 35.9 Å². The quantitative estimate of drug-likeness (QED) is 0.444. The van der Waals surface area contributed by atoms with Gasteiger partial charge in [0.05, 0.1) is 17.6 Å². The molecule has 5 nitrogen and oxygen atoms in total. The summed E-state index contributed by atoms with van der Waals surface area (Å²) in [6.45, 7) is 1.72. The van der Waals surface area contributed by atoms with Crippen LogP contribution in [-0.2, 0) is 17.8 Å². The Labute approximate surface area is 181 Å². The highest BCUT2D eigenvalue weighted by Crippen LogP contribution is 2.19.